The Labute approximate surface area is 204 Å². The molecule has 0 rings (SSSR count). The van der Waals surface area contributed by atoms with Crippen LogP contribution in [0.3, 0.4) is 0 Å². The molecular formula is C27H56O6. The first-order chi connectivity index (χ1) is 15.8. The molecule has 0 aliphatic heterocycles. The molecule has 0 aliphatic rings. The summed E-state index contributed by atoms with van der Waals surface area (Å²) in [5, 5.41) is 26.1. The van der Waals surface area contributed by atoms with Gasteiger partial charge in [0.05, 0.1) is 38.1 Å². The highest BCUT2D eigenvalue weighted by molar-refractivity contribution is 5.66. The van der Waals surface area contributed by atoms with Crippen LogP contribution in [-0.4, -0.2) is 59.4 Å². The third kappa shape index (κ3) is 33.6. The Kier molecular flexibility index (Phi) is 28.8. The Morgan fingerprint density at radius 3 is 1.42 bits per heavy atom. The summed E-state index contributed by atoms with van der Waals surface area (Å²) >= 11 is 0. The van der Waals surface area contributed by atoms with Crippen molar-refractivity contribution in [3.05, 3.63) is 0 Å². The molecule has 0 amide bonds. The molecule has 0 spiro atoms. The van der Waals surface area contributed by atoms with Crippen LogP contribution in [0.5, 0.6) is 0 Å². The van der Waals surface area contributed by atoms with E-state index in [1.165, 1.54) is 83.5 Å². The lowest BCUT2D eigenvalue weighted by Crippen LogP contribution is -2.24. The number of hydrogen-bond donors (Lipinski definition) is 3. The zero-order chi connectivity index (χ0) is 25.2. The lowest BCUT2D eigenvalue weighted by Gasteiger charge is -2.16. The minimum atomic E-state index is -0.653. The second kappa shape index (κ2) is 27.6. The lowest BCUT2D eigenvalue weighted by molar-refractivity contribution is -0.137. The van der Waals surface area contributed by atoms with Gasteiger partial charge in [0, 0.05) is 6.42 Å². The zero-order valence-corrected chi connectivity index (χ0v) is 22.2. The summed E-state index contributed by atoms with van der Waals surface area (Å²) in [6, 6.07) is 0. The van der Waals surface area contributed by atoms with Crippen LogP contribution < -0.4 is 0 Å². The highest BCUT2D eigenvalue weighted by atomic mass is 16.5. The molecule has 3 unspecified atom stereocenters. The summed E-state index contributed by atoms with van der Waals surface area (Å²) < 4.78 is 10.5. The Morgan fingerprint density at radius 2 is 1.06 bits per heavy atom. The summed E-state index contributed by atoms with van der Waals surface area (Å²) in [5.74, 6) is -0.653. The van der Waals surface area contributed by atoms with Crippen molar-refractivity contribution in [2.24, 2.45) is 0 Å². The van der Waals surface area contributed by atoms with E-state index in [1.807, 2.05) is 6.92 Å². The number of carboxylic acids is 1. The average Bonchev–Trinajstić information content (AvgIpc) is 2.78. The van der Waals surface area contributed by atoms with Gasteiger partial charge in [-0.1, -0.05) is 96.8 Å². The maximum absolute atomic E-state index is 10.3. The molecule has 200 valence electrons. The predicted molar refractivity (Wildman–Crippen MR) is 137 cm³/mol. The van der Waals surface area contributed by atoms with Crippen LogP contribution in [0.4, 0.5) is 0 Å². The Bertz CT molecular complexity index is 389. The van der Waals surface area contributed by atoms with Crippen LogP contribution in [0.1, 0.15) is 130 Å². The summed E-state index contributed by atoms with van der Waals surface area (Å²) in [6.07, 6.45) is 19.5. The van der Waals surface area contributed by atoms with Gasteiger partial charge in [0.25, 0.3) is 0 Å². The average molecular weight is 477 g/mol. The number of hydrogen-bond acceptors (Lipinski definition) is 5. The molecule has 0 heterocycles. The summed E-state index contributed by atoms with van der Waals surface area (Å²) in [5.41, 5.74) is 0. The van der Waals surface area contributed by atoms with E-state index < -0.39 is 12.1 Å². The van der Waals surface area contributed by atoms with Gasteiger partial charge in [0.15, 0.2) is 0 Å². The van der Waals surface area contributed by atoms with Crippen molar-refractivity contribution in [3.8, 4) is 0 Å². The molecule has 3 N–H and O–H groups in total. The predicted octanol–water partition coefficient (Wildman–Crippen LogP) is 6.50. The van der Waals surface area contributed by atoms with Crippen molar-refractivity contribution in [3.63, 3.8) is 0 Å². The summed E-state index contributed by atoms with van der Waals surface area (Å²) in [6.45, 7) is 8.37. The first-order valence-electron chi connectivity index (χ1n) is 13.6. The normalized spacial score (nSPS) is 13.8. The third-order valence-electron chi connectivity index (χ3n) is 5.49. The van der Waals surface area contributed by atoms with E-state index in [0.29, 0.717) is 19.6 Å². The molecular weight excluding hydrogens is 420 g/mol. The van der Waals surface area contributed by atoms with Gasteiger partial charge >= 0.3 is 5.97 Å². The SMILES string of the molecule is CC(O)COC(C)COC(C)CO.CCCCCCCCCCCCCCCCCC(=O)O. The lowest BCUT2D eigenvalue weighted by atomic mass is 10.0. The van der Waals surface area contributed by atoms with Crippen molar-refractivity contribution in [1.82, 2.24) is 0 Å². The summed E-state index contributed by atoms with van der Waals surface area (Å²) in [7, 11) is 0. The van der Waals surface area contributed by atoms with E-state index in [2.05, 4.69) is 6.92 Å². The number of unbranched alkanes of at least 4 members (excludes halogenated alkanes) is 14. The number of carbonyl (C=O) groups is 1. The third-order valence-corrected chi connectivity index (χ3v) is 5.49. The Hall–Kier alpha value is -0.690. The van der Waals surface area contributed by atoms with E-state index in [0.717, 1.165) is 12.8 Å². The molecule has 3 atom stereocenters. The molecule has 6 nitrogen and oxygen atoms in total. The van der Waals surface area contributed by atoms with E-state index in [1.54, 1.807) is 13.8 Å². The topological polar surface area (TPSA) is 96.2 Å². The summed E-state index contributed by atoms with van der Waals surface area (Å²) in [4.78, 5) is 10.3. The second-order valence-corrected chi connectivity index (χ2v) is 9.41. The van der Waals surface area contributed by atoms with Gasteiger partial charge in [-0.3, -0.25) is 4.79 Å². The van der Waals surface area contributed by atoms with Crippen LogP contribution in [0, 0.1) is 0 Å². The zero-order valence-electron chi connectivity index (χ0n) is 22.2. The van der Waals surface area contributed by atoms with Crippen molar-refractivity contribution < 1.29 is 29.6 Å². The molecule has 0 aliphatic carbocycles. The fourth-order valence-electron chi connectivity index (χ4n) is 3.35. The van der Waals surface area contributed by atoms with E-state index in [-0.39, 0.29) is 18.8 Å². The molecule has 0 bridgehead atoms. The molecule has 0 saturated heterocycles. The Morgan fingerprint density at radius 1 is 0.667 bits per heavy atom. The van der Waals surface area contributed by atoms with Crippen LogP contribution >= 0.6 is 0 Å². The highest BCUT2D eigenvalue weighted by Gasteiger charge is 2.07. The molecule has 0 aromatic carbocycles. The van der Waals surface area contributed by atoms with Gasteiger partial charge < -0.3 is 24.8 Å². The fraction of sp³-hybridized carbons (Fsp3) is 0.963. The van der Waals surface area contributed by atoms with Crippen molar-refractivity contribution >= 4 is 5.97 Å². The molecule has 0 aromatic heterocycles. The maximum Gasteiger partial charge on any atom is 0.303 e. The van der Waals surface area contributed by atoms with Crippen molar-refractivity contribution in [1.29, 1.82) is 0 Å². The first-order valence-corrected chi connectivity index (χ1v) is 13.6. The monoisotopic (exact) mass is 476 g/mol. The van der Waals surface area contributed by atoms with E-state index in [9.17, 15) is 4.79 Å². The van der Waals surface area contributed by atoms with Crippen LogP contribution in [0.25, 0.3) is 0 Å². The van der Waals surface area contributed by atoms with Gasteiger partial charge in [0.2, 0.25) is 0 Å². The van der Waals surface area contributed by atoms with Gasteiger partial charge in [-0.25, -0.2) is 0 Å². The number of aliphatic carboxylic acids is 1. The fourth-order valence-corrected chi connectivity index (χ4v) is 3.35. The standard InChI is InChI=1S/C18H36O2.C9H20O4/c1-2-3-4-5-6-7-8-9-10-11-12-13-14-15-16-17-18(19)20;1-7(11)5-12-9(3)6-13-8(2)4-10/h2-17H2,1H3,(H,19,20);7-11H,4-6H2,1-3H3. The quantitative estimate of drug-likeness (QED) is 0.146. The smallest absolute Gasteiger partial charge is 0.303 e. The first kappa shape index (κ1) is 34.5. The highest BCUT2D eigenvalue weighted by Crippen LogP contribution is 2.13. The molecule has 0 fully saturated rings. The molecule has 0 saturated carbocycles. The number of ether oxygens (including phenoxy) is 2. The molecule has 0 radical (unpaired) electrons. The molecule has 33 heavy (non-hydrogen) atoms. The van der Waals surface area contributed by atoms with Gasteiger partial charge in [0.1, 0.15) is 0 Å². The number of aliphatic hydroxyl groups excluding tert-OH is 2. The maximum atomic E-state index is 10.3. The number of rotatable bonds is 23. The van der Waals surface area contributed by atoms with Gasteiger partial charge in [-0.05, 0) is 27.2 Å². The molecule has 0 aromatic rings. The largest absolute Gasteiger partial charge is 0.481 e. The minimum absolute atomic E-state index is 0.0170. The number of carboxylic acid groups (broad SMARTS) is 1. The van der Waals surface area contributed by atoms with Crippen molar-refractivity contribution in [2.45, 2.75) is 149 Å². The Balaban J connectivity index is 0. The van der Waals surface area contributed by atoms with E-state index >= 15 is 0 Å². The van der Waals surface area contributed by atoms with Crippen LogP contribution in [0.2, 0.25) is 0 Å². The van der Waals surface area contributed by atoms with Crippen LogP contribution in [0.15, 0.2) is 0 Å². The molecule has 6 heteroatoms. The van der Waals surface area contributed by atoms with Crippen molar-refractivity contribution in [2.75, 3.05) is 19.8 Å². The van der Waals surface area contributed by atoms with Gasteiger partial charge in [-0.15, -0.1) is 0 Å². The van der Waals surface area contributed by atoms with Crippen LogP contribution in [-0.2, 0) is 14.3 Å². The van der Waals surface area contributed by atoms with E-state index in [4.69, 9.17) is 24.8 Å². The minimum Gasteiger partial charge on any atom is -0.481 e. The number of aliphatic hydroxyl groups is 2. The second-order valence-electron chi connectivity index (χ2n) is 9.41. The van der Waals surface area contributed by atoms with Gasteiger partial charge in [-0.2, -0.15) is 0 Å².